The van der Waals surface area contributed by atoms with Gasteiger partial charge < -0.3 is 4.74 Å². The maximum atomic E-state index is 10.5. The van der Waals surface area contributed by atoms with Crippen LogP contribution in [-0.2, 0) is 9.53 Å². The molecular formula is C16H28O2. The fourth-order valence-corrected chi connectivity index (χ4v) is 1.81. The van der Waals surface area contributed by atoms with Crippen molar-refractivity contribution in [1.29, 1.82) is 0 Å². The second-order valence-corrected chi connectivity index (χ2v) is 4.63. The van der Waals surface area contributed by atoms with E-state index in [4.69, 9.17) is 4.74 Å². The Labute approximate surface area is 112 Å². The van der Waals surface area contributed by atoms with Crippen molar-refractivity contribution < 1.29 is 9.53 Å². The number of ether oxygens (including phenoxy) is 1. The minimum Gasteiger partial charge on any atom is -0.466 e. The zero-order chi connectivity index (χ0) is 13.5. The standard InChI is InChI=1S/C16H28O2/c1-3-4-5-6-7-8-9-10-11-12-13-14-15-18-16(2)17/h3,6-15H2,1-2H3. The van der Waals surface area contributed by atoms with Crippen molar-refractivity contribution in [1.82, 2.24) is 0 Å². The van der Waals surface area contributed by atoms with Crippen LogP contribution in [0.1, 0.15) is 78.1 Å². The molecule has 0 N–H and O–H groups in total. The van der Waals surface area contributed by atoms with E-state index in [-0.39, 0.29) is 5.97 Å². The predicted octanol–water partition coefficient (Wildman–Crippen LogP) is 4.47. The lowest BCUT2D eigenvalue weighted by Gasteiger charge is -2.02. The van der Waals surface area contributed by atoms with Gasteiger partial charge in [0.25, 0.3) is 0 Å². The molecule has 0 bridgehead atoms. The highest BCUT2D eigenvalue weighted by atomic mass is 16.5. The summed E-state index contributed by atoms with van der Waals surface area (Å²) in [5, 5.41) is 0. The number of carbonyl (C=O) groups is 1. The van der Waals surface area contributed by atoms with Gasteiger partial charge in [-0.05, 0) is 12.8 Å². The molecule has 0 radical (unpaired) electrons. The van der Waals surface area contributed by atoms with E-state index in [1.165, 1.54) is 51.9 Å². The fourth-order valence-electron chi connectivity index (χ4n) is 1.81. The van der Waals surface area contributed by atoms with Crippen molar-refractivity contribution >= 4 is 5.97 Å². The Morgan fingerprint density at radius 2 is 1.44 bits per heavy atom. The van der Waals surface area contributed by atoms with E-state index >= 15 is 0 Å². The largest absolute Gasteiger partial charge is 0.466 e. The lowest BCUT2D eigenvalue weighted by molar-refractivity contribution is -0.141. The normalized spacial score (nSPS) is 9.67. The van der Waals surface area contributed by atoms with Gasteiger partial charge in [0.2, 0.25) is 0 Å². The number of hydrogen-bond donors (Lipinski definition) is 0. The summed E-state index contributed by atoms with van der Waals surface area (Å²) in [7, 11) is 0. The van der Waals surface area contributed by atoms with Crippen LogP contribution in [0.15, 0.2) is 0 Å². The van der Waals surface area contributed by atoms with Gasteiger partial charge in [0.15, 0.2) is 0 Å². The highest BCUT2D eigenvalue weighted by Gasteiger charge is 1.94. The van der Waals surface area contributed by atoms with E-state index in [1.807, 2.05) is 0 Å². The first-order chi connectivity index (χ1) is 8.77. The van der Waals surface area contributed by atoms with Crippen LogP contribution >= 0.6 is 0 Å². The molecule has 0 saturated heterocycles. The molecule has 2 heteroatoms. The summed E-state index contributed by atoms with van der Waals surface area (Å²) >= 11 is 0. The second-order valence-electron chi connectivity index (χ2n) is 4.63. The molecular weight excluding hydrogens is 224 g/mol. The van der Waals surface area contributed by atoms with Crippen molar-refractivity contribution in [3.8, 4) is 11.8 Å². The van der Waals surface area contributed by atoms with Crippen LogP contribution in [0.5, 0.6) is 0 Å². The lowest BCUT2D eigenvalue weighted by Crippen LogP contribution is -2.00. The van der Waals surface area contributed by atoms with Crippen LogP contribution in [0.2, 0.25) is 0 Å². The molecule has 0 saturated carbocycles. The lowest BCUT2D eigenvalue weighted by atomic mass is 10.1. The molecule has 104 valence electrons. The first-order valence-electron chi connectivity index (χ1n) is 7.36. The van der Waals surface area contributed by atoms with Crippen molar-refractivity contribution in [2.24, 2.45) is 0 Å². The third-order valence-corrected chi connectivity index (χ3v) is 2.80. The van der Waals surface area contributed by atoms with Gasteiger partial charge in [-0.1, -0.05) is 45.4 Å². The molecule has 0 unspecified atom stereocenters. The van der Waals surface area contributed by atoms with E-state index in [0.29, 0.717) is 6.61 Å². The fraction of sp³-hybridized carbons (Fsp3) is 0.812. The Morgan fingerprint density at radius 1 is 0.889 bits per heavy atom. The molecule has 0 spiro atoms. The average Bonchev–Trinajstić information content (AvgIpc) is 2.34. The first kappa shape index (κ1) is 17.0. The monoisotopic (exact) mass is 252 g/mol. The molecule has 0 aliphatic heterocycles. The van der Waals surface area contributed by atoms with Gasteiger partial charge in [0, 0.05) is 19.8 Å². The van der Waals surface area contributed by atoms with Crippen LogP contribution in [0.25, 0.3) is 0 Å². The quantitative estimate of drug-likeness (QED) is 0.326. The van der Waals surface area contributed by atoms with E-state index in [0.717, 1.165) is 19.3 Å². The third-order valence-electron chi connectivity index (χ3n) is 2.80. The minimum atomic E-state index is -0.166. The SMILES string of the molecule is CCC#CCCCCCCCCCCOC(C)=O. The zero-order valence-electron chi connectivity index (χ0n) is 12.1. The maximum absolute atomic E-state index is 10.5. The zero-order valence-corrected chi connectivity index (χ0v) is 12.1. The molecule has 0 rings (SSSR count). The third kappa shape index (κ3) is 15.0. The highest BCUT2D eigenvalue weighted by Crippen LogP contribution is 2.09. The Kier molecular flexibility index (Phi) is 13.3. The van der Waals surface area contributed by atoms with Gasteiger partial charge in [-0.2, -0.15) is 0 Å². The maximum Gasteiger partial charge on any atom is 0.302 e. The predicted molar refractivity (Wildman–Crippen MR) is 76.3 cm³/mol. The van der Waals surface area contributed by atoms with Crippen LogP contribution in [0.3, 0.4) is 0 Å². The summed E-state index contributed by atoms with van der Waals surface area (Å²) < 4.78 is 4.88. The van der Waals surface area contributed by atoms with E-state index in [2.05, 4.69) is 18.8 Å². The molecule has 18 heavy (non-hydrogen) atoms. The van der Waals surface area contributed by atoms with E-state index in [1.54, 1.807) is 0 Å². The van der Waals surface area contributed by atoms with Gasteiger partial charge >= 0.3 is 5.97 Å². The molecule has 0 aromatic rings. The first-order valence-corrected chi connectivity index (χ1v) is 7.36. The average molecular weight is 252 g/mol. The Balaban J connectivity index is 3.01. The van der Waals surface area contributed by atoms with E-state index < -0.39 is 0 Å². The molecule has 0 heterocycles. The smallest absolute Gasteiger partial charge is 0.302 e. The molecule has 0 aliphatic carbocycles. The Hall–Kier alpha value is -0.970. The Bertz CT molecular complexity index is 248. The van der Waals surface area contributed by atoms with Crippen molar-refractivity contribution in [3.63, 3.8) is 0 Å². The molecule has 0 atom stereocenters. The van der Waals surface area contributed by atoms with Gasteiger partial charge in [0.1, 0.15) is 0 Å². The summed E-state index contributed by atoms with van der Waals surface area (Å²) in [5.41, 5.74) is 0. The van der Waals surface area contributed by atoms with Gasteiger partial charge in [-0.15, -0.1) is 11.8 Å². The number of hydrogen-bond acceptors (Lipinski definition) is 2. The molecule has 0 amide bonds. The van der Waals surface area contributed by atoms with Gasteiger partial charge in [-0.25, -0.2) is 0 Å². The summed E-state index contributed by atoms with van der Waals surface area (Å²) in [5.74, 6) is 6.11. The number of carbonyl (C=O) groups excluding carboxylic acids is 1. The summed E-state index contributed by atoms with van der Waals surface area (Å²) in [6.07, 6.45) is 12.0. The molecule has 0 aromatic carbocycles. The molecule has 0 fully saturated rings. The number of rotatable bonds is 10. The van der Waals surface area contributed by atoms with Crippen molar-refractivity contribution in [2.75, 3.05) is 6.61 Å². The van der Waals surface area contributed by atoms with Gasteiger partial charge in [-0.3, -0.25) is 4.79 Å². The second kappa shape index (κ2) is 14.1. The summed E-state index contributed by atoms with van der Waals surface area (Å²) in [6.45, 7) is 4.14. The van der Waals surface area contributed by atoms with Crippen LogP contribution in [0.4, 0.5) is 0 Å². The van der Waals surface area contributed by atoms with E-state index in [9.17, 15) is 4.79 Å². The summed E-state index contributed by atoms with van der Waals surface area (Å²) in [4.78, 5) is 10.5. The number of esters is 1. The van der Waals surface area contributed by atoms with Crippen LogP contribution in [0, 0.1) is 11.8 Å². The Morgan fingerprint density at radius 3 is 2.00 bits per heavy atom. The minimum absolute atomic E-state index is 0.166. The summed E-state index contributed by atoms with van der Waals surface area (Å²) in [6, 6.07) is 0. The van der Waals surface area contributed by atoms with Gasteiger partial charge in [0.05, 0.1) is 6.61 Å². The number of unbranched alkanes of at least 4 members (excludes halogenated alkanes) is 8. The van der Waals surface area contributed by atoms with Crippen LogP contribution in [-0.4, -0.2) is 12.6 Å². The molecule has 0 aromatic heterocycles. The van der Waals surface area contributed by atoms with Crippen molar-refractivity contribution in [3.05, 3.63) is 0 Å². The highest BCUT2D eigenvalue weighted by molar-refractivity contribution is 5.65. The molecule has 0 aliphatic rings. The van der Waals surface area contributed by atoms with Crippen molar-refractivity contribution in [2.45, 2.75) is 78.1 Å². The van der Waals surface area contributed by atoms with Crippen LogP contribution < -0.4 is 0 Å². The topological polar surface area (TPSA) is 26.3 Å². The molecule has 2 nitrogen and oxygen atoms in total.